The van der Waals surface area contributed by atoms with Crippen LogP contribution in [0.3, 0.4) is 0 Å². The van der Waals surface area contributed by atoms with Crippen molar-refractivity contribution in [2.45, 2.75) is 65.5 Å². The van der Waals surface area contributed by atoms with E-state index in [1.54, 1.807) is 0 Å². The zero-order chi connectivity index (χ0) is 15.1. The molecule has 0 heterocycles. The number of benzene rings is 1. The van der Waals surface area contributed by atoms with Gasteiger partial charge in [-0.15, -0.1) is 0 Å². The van der Waals surface area contributed by atoms with Crippen molar-refractivity contribution in [1.29, 1.82) is 0 Å². The van der Waals surface area contributed by atoms with Crippen molar-refractivity contribution in [1.82, 2.24) is 5.32 Å². The lowest BCUT2D eigenvalue weighted by atomic mass is 10.1. The van der Waals surface area contributed by atoms with E-state index in [1.807, 2.05) is 0 Å². The van der Waals surface area contributed by atoms with E-state index in [0.717, 1.165) is 19.1 Å². The molecule has 0 bridgehead atoms. The first-order chi connectivity index (χ1) is 10.2. The van der Waals surface area contributed by atoms with Crippen LogP contribution in [0.2, 0.25) is 0 Å². The van der Waals surface area contributed by atoms with Crippen LogP contribution in [0.5, 0.6) is 0 Å². The van der Waals surface area contributed by atoms with Gasteiger partial charge in [0.05, 0.1) is 0 Å². The molecule has 0 spiro atoms. The zero-order valence-corrected chi connectivity index (χ0v) is 14.1. The van der Waals surface area contributed by atoms with Crippen molar-refractivity contribution < 1.29 is 0 Å². The van der Waals surface area contributed by atoms with Crippen molar-refractivity contribution in [3.63, 3.8) is 0 Å². The molecule has 0 amide bonds. The molecule has 118 valence electrons. The Bertz CT molecular complexity index is 408. The molecule has 2 heteroatoms. The molecule has 1 N–H and O–H groups in total. The predicted molar refractivity (Wildman–Crippen MR) is 92.9 cm³/mol. The topological polar surface area (TPSA) is 15.3 Å². The normalized spacial score (nSPS) is 15.8. The van der Waals surface area contributed by atoms with E-state index in [4.69, 9.17) is 0 Å². The van der Waals surface area contributed by atoms with Gasteiger partial charge in [0.15, 0.2) is 0 Å². The number of hydrogen-bond acceptors (Lipinski definition) is 2. The molecule has 0 saturated heterocycles. The highest BCUT2D eigenvalue weighted by Gasteiger charge is 2.24. The average molecular weight is 288 g/mol. The summed E-state index contributed by atoms with van der Waals surface area (Å²) in [7, 11) is 0. The Morgan fingerprint density at radius 3 is 2.57 bits per heavy atom. The van der Waals surface area contributed by atoms with Crippen molar-refractivity contribution in [3.8, 4) is 0 Å². The molecule has 1 saturated carbocycles. The predicted octanol–water partition coefficient (Wildman–Crippen LogP) is 4.59. The van der Waals surface area contributed by atoms with Crippen LogP contribution in [-0.2, 0) is 6.54 Å². The largest absolute Gasteiger partial charge is 0.368 e. The lowest BCUT2D eigenvalue weighted by Gasteiger charge is -2.34. The molecule has 0 aliphatic heterocycles. The van der Waals surface area contributed by atoms with E-state index in [-0.39, 0.29) is 0 Å². The minimum Gasteiger partial charge on any atom is -0.368 e. The number of hydrogen-bond donors (Lipinski definition) is 1. The fourth-order valence-electron chi connectivity index (χ4n) is 3.39. The number of anilines is 1. The monoisotopic (exact) mass is 288 g/mol. The molecule has 0 radical (unpaired) electrons. The molecule has 1 aliphatic carbocycles. The van der Waals surface area contributed by atoms with Gasteiger partial charge >= 0.3 is 0 Å². The maximum Gasteiger partial charge on any atom is 0.0414 e. The Morgan fingerprint density at radius 1 is 1.19 bits per heavy atom. The summed E-state index contributed by atoms with van der Waals surface area (Å²) in [4.78, 5) is 2.70. The van der Waals surface area contributed by atoms with E-state index in [0.29, 0.717) is 5.92 Å². The first kappa shape index (κ1) is 16.4. The van der Waals surface area contributed by atoms with E-state index in [9.17, 15) is 0 Å². The van der Waals surface area contributed by atoms with E-state index >= 15 is 0 Å². The second-order valence-electron chi connectivity index (χ2n) is 6.79. The van der Waals surface area contributed by atoms with Gasteiger partial charge in [-0.25, -0.2) is 0 Å². The third-order valence-electron chi connectivity index (χ3n) is 4.37. The van der Waals surface area contributed by atoms with Gasteiger partial charge in [0.25, 0.3) is 0 Å². The van der Waals surface area contributed by atoms with Crippen molar-refractivity contribution in [2.75, 3.05) is 18.0 Å². The fraction of sp³-hybridized carbons (Fsp3) is 0.684. The van der Waals surface area contributed by atoms with Crippen molar-refractivity contribution >= 4 is 5.69 Å². The summed E-state index contributed by atoms with van der Waals surface area (Å²) >= 11 is 0. The summed E-state index contributed by atoms with van der Waals surface area (Å²) in [6.07, 6.45) is 6.72. The van der Waals surface area contributed by atoms with E-state index in [1.165, 1.54) is 49.9 Å². The summed E-state index contributed by atoms with van der Waals surface area (Å²) in [6.45, 7) is 10.2. The van der Waals surface area contributed by atoms with Crippen LogP contribution in [0.4, 0.5) is 5.69 Å². The minimum absolute atomic E-state index is 0.710. The first-order valence-electron chi connectivity index (χ1n) is 8.77. The zero-order valence-electron chi connectivity index (χ0n) is 14.1. The maximum absolute atomic E-state index is 3.56. The van der Waals surface area contributed by atoms with Gasteiger partial charge < -0.3 is 10.2 Å². The SMILES string of the molecule is CCCNCc1ccccc1N(CC(C)C)C1CCCC1. The van der Waals surface area contributed by atoms with E-state index < -0.39 is 0 Å². The van der Waals surface area contributed by atoms with Crippen molar-refractivity contribution in [3.05, 3.63) is 29.8 Å². The lowest BCUT2D eigenvalue weighted by molar-refractivity contribution is 0.533. The summed E-state index contributed by atoms with van der Waals surface area (Å²) in [5.41, 5.74) is 2.92. The molecule has 21 heavy (non-hydrogen) atoms. The highest BCUT2D eigenvalue weighted by Crippen LogP contribution is 2.31. The third-order valence-corrected chi connectivity index (χ3v) is 4.37. The van der Waals surface area contributed by atoms with E-state index in [2.05, 4.69) is 55.3 Å². The summed E-state index contributed by atoms with van der Waals surface area (Å²) < 4.78 is 0. The molecule has 1 fully saturated rings. The van der Waals surface area contributed by atoms with Crippen LogP contribution in [-0.4, -0.2) is 19.1 Å². The van der Waals surface area contributed by atoms with Crippen LogP contribution in [0.15, 0.2) is 24.3 Å². The van der Waals surface area contributed by atoms with Crippen LogP contribution in [0, 0.1) is 5.92 Å². The van der Waals surface area contributed by atoms with Crippen LogP contribution in [0.1, 0.15) is 58.4 Å². The van der Waals surface area contributed by atoms with Gasteiger partial charge in [-0.3, -0.25) is 0 Å². The van der Waals surface area contributed by atoms with Crippen molar-refractivity contribution in [2.24, 2.45) is 5.92 Å². The Labute approximate surface area is 130 Å². The maximum atomic E-state index is 3.56. The standard InChI is InChI=1S/C19H32N2/c1-4-13-20-14-17-9-5-8-12-19(17)21(15-16(2)3)18-10-6-7-11-18/h5,8-9,12,16,18,20H,4,6-7,10-11,13-15H2,1-3H3. The first-order valence-corrected chi connectivity index (χ1v) is 8.77. The number of nitrogens with zero attached hydrogens (tertiary/aromatic N) is 1. The number of nitrogens with one attached hydrogen (secondary N) is 1. The second-order valence-corrected chi connectivity index (χ2v) is 6.79. The Hall–Kier alpha value is -1.02. The molecule has 0 unspecified atom stereocenters. The van der Waals surface area contributed by atoms with Crippen LogP contribution < -0.4 is 10.2 Å². The summed E-state index contributed by atoms with van der Waals surface area (Å²) in [5.74, 6) is 0.710. The third kappa shape index (κ3) is 4.74. The molecule has 1 aromatic carbocycles. The molecular formula is C19H32N2. The molecule has 2 rings (SSSR count). The Morgan fingerprint density at radius 2 is 1.90 bits per heavy atom. The summed E-state index contributed by atoms with van der Waals surface area (Å²) in [5, 5.41) is 3.56. The van der Waals surface area contributed by atoms with Gasteiger partial charge in [0, 0.05) is 24.8 Å². The minimum atomic E-state index is 0.710. The Kier molecular flexibility index (Phi) is 6.56. The highest BCUT2D eigenvalue weighted by atomic mass is 15.2. The number of rotatable bonds is 8. The van der Waals surface area contributed by atoms with Gasteiger partial charge in [0.2, 0.25) is 0 Å². The van der Waals surface area contributed by atoms with Crippen LogP contribution in [0.25, 0.3) is 0 Å². The smallest absolute Gasteiger partial charge is 0.0414 e. The molecule has 0 atom stereocenters. The quantitative estimate of drug-likeness (QED) is 0.704. The van der Waals surface area contributed by atoms with Crippen LogP contribution >= 0.6 is 0 Å². The lowest BCUT2D eigenvalue weighted by Crippen LogP contribution is -2.37. The molecule has 1 aliphatic rings. The molecular weight excluding hydrogens is 256 g/mol. The molecule has 0 aromatic heterocycles. The average Bonchev–Trinajstić information content (AvgIpc) is 2.99. The molecule has 2 nitrogen and oxygen atoms in total. The molecule has 1 aromatic rings. The van der Waals surface area contributed by atoms with Gasteiger partial charge in [0.1, 0.15) is 0 Å². The second kappa shape index (κ2) is 8.43. The fourth-order valence-corrected chi connectivity index (χ4v) is 3.39. The Balaban J connectivity index is 2.17. The highest BCUT2D eigenvalue weighted by molar-refractivity contribution is 5.54. The van der Waals surface area contributed by atoms with Gasteiger partial charge in [-0.1, -0.05) is 51.8 Å². The van der Waals surface area contributed by atoms with Gasteiger partial charge in [-0.2, -0.15) is 0 Å². The van der Waals surface area contributed by atoms with Gasteiger partial charge in [-0.05, 0) is 43.4 Å². The summed E-state index contributed by atoms with van der Waals surface area (Å²) in [6, 6.07) is 9.74. The number of para-hydroxylation sites is 1.